The van der Waals surface area contributed by atoms with E-state index in [9.17, 15) is 9.59 Å². The first-order valence-corrected chi connectivity index (χ1v) is 18.0. The first-order valence-electron chi connectivity index (χ1n) is 16.9. The van der Waals surface area contributed by atoms with Crippen LogP contribution in [0, 0.1) is 0 Å². The molecule has 4 rings (SSSR count). The summed E-state index contributed by atoms with van der Waals surface area (Å²) in [6.07, 6.45) is 3.28. The second-order valence-electron chi connectivity index (χ2n) is 12.1. The zero-order chi connectivity index (χ0) is 41.7. The summed E-state index contributed by atoms with van der Waals surface area (Å²) in [5.74, 6) is 3.86. The lowest BCUT2D eigenvalue weighted by atomic mass is 10.1. The summed E-state index contributed by atoms with van der Waals surface area (Å²) >= 11 is 9.72. The van der Waals surface area contributed by atoms with Crippen LogP contribution in [0.5, 0.6) is 46.0 Å². The van der Waals surface area contributed by atoms with Gasteiger partial charge in [0.05, 0.1) is 77.8 Å². The second kappa shape index (κ2) is 21.0. The van der Waals surface area contributed by atoms with E-state index in [4.69, 9.17) is 49.5 Å². The molecular weight excluding hydrogens is 808 g/mol. The number of hydrogen-bond donors (Lipinski definition) is 0. The van der Waals surface area contributed by atoms with E-state index in [1.165, 1.54) is 21.3 Å². The van der Waals surface area contributed by atoms with Gasteiger partial charge in [0.2, 0.25) is 17.3 Å². The maximum Gasteiger partial charge on any atom is 0.204 e. The van der Waals surface area contributed by atoms with Gasteiger partial charge in [-0.3, -0.25) is 9.59 Å². The summed E-state index contributed by atoms with van der Waals surface area (Å²) in [5.41, 5.74) is 3.98. The molecule has 56 heavy (non-hydrogen) atoms. The topological polar surface area (TPSA) is 114 Å². The number of carbonyl (C=O) groups is 2. The Morgan fingerprint density at radius 3 is 1.16 bits per heavy atom. The summed E-state index contributed by atoms with van der Waals surface area (Å²) in [7, 11) is 19.9. The highest BCUT2D eigenvalue weighted by Gasteiger charge is 2.19. The highest BCUT2D eigenvalue weighted by atomic mass is 79.9. The lowest BCUT2D eigenvalue weighted by molar-refractivity contribution is 0.103. The molecule has 0 fully saturated rings. The molecule has 0 spiro atoms. The molecule has 0 N–H and O–H groups in total. The fourth-order valence-electron chi connectivity index (χ4n) is 5.43. The minimum absolute atomic E-state index is 0.0594. The van der Waals surface area contributed by atoms with Gasteiger partial charge in [0.15, 0.2) is 28.8 Å². The fourth-order valence-corrected chi connectivity index (χ4v) is 6.16. The Balaban J connectivity index is 0.000000300. The molecule has 0 atom stereocenters. The van der Waals surface area contributed by atoms with Crippen molar-refractivity contribution in [3.05, 3.63) is 92.4 Å². The molecule has 0 saturated heterocycles. The molecule has 300 valence electrons. The lowest BCUT2D eigenvalue weighted by Gasteiger charge is -2.17. The van der Waals surface area contributed by atoms with E-state index >= 15 is 0 Å². The quantitative estimate of drug-likeness (QED) is 0.0794. The highest BCUT2D eigenvalue weighted by molar-refractivity contribution is 9.12. The first kappa shape index (κ1) is 44.9. The van der Waals surface area contributed by atoms with E-state index in [2.05, 4.69) is 15.9 Å². The smallest absolute Gasteiger partial charge is 0.204 e. The van der Waals surface area contributed by atoms with Crippen molar-refractivity contribution in [3.8, 4) is 46.0 Å². The molecule has 4 aromatic carbocycles. The SMILES string of the molecule is COc1ccc(C(=O)/C(Br)=C\c2cc(OC)c(OC)c(OC)c2)cc1N(C)C.COc1ccc(C(=O)/C(Cl)=C\c2cc(OC)c(OC)c(OC)c2)cc1N(C)C. The van der Waals surface area contributed by atoms with Crippen LogP contribution < -0.4 is 47.7 Å². The second-order valence-corrected chi connectivity index (χ2v) is 13.4. The molecule has 0 heterocycles. The molecule has 4 aromatic rings. The number of halogens is 2. The van der Waals surface area contributed by atoms with E-state index in [-0.39, 0.29) is 16.6 Å². The van der Waals surface area contributed by atoms with Gasteiger partial charge in [0.1, 0.15) is 11.5 Å². The van der Waals surface area contributed by atoms with Gasteiger partial charge in [-0.2, -0.15) is 0 Å². The van der Waals surface area contributed by atoms with E-state index < -0.39 is 0 Å². The van der Waals surface area contributed by atoms with Gasteiger partial charge < -0.3 is 47.7 Å². The number of hydrogen-bond acceptors (Lipinski definition) is 12. The molecule has 0 aliphatic heterocycles. The van der Waals surface area contributed by atoms with Crippen molar-refractivity contribution >= 4 is 62.6 Å². The number of allylic oxidation sites excluding steroid dienone is 2. The van der Waals surface area contributed by atoms with E-state index in [0.29, 0.717) is 67.2 Å². The molecule has 14 heteroatoms. The summed E-state index contributed by atoms with van der Waals surface area (Å²) in [6, 6.07) is 17.5. The van der Waals surface area contributed by atoms with Gasteiger partial charge in [0, 0.05) is 39.3 Å². The Morgan fingerprint density at radius 2 is 0.839 bits per heavy atom. The van der Waals surface area contributed by atoms with Gasteiger partial charge in [-0.15, -0.1) is 0 Å². The third-order valence-corrected chi connectivity index (χ3v) is 9.11. The number of methoxy groups -OCH3 is 8. The molecule has 0 aliphatic carbocycles. The minimum atomic E-state index is -0.304. The standard InChI is InChI=1S/C21H24BrNO5.C21H24ClNO5/c2*1-23(2)16-12-14(7-8-17(16)25-3)20(24)15(22)9-13-10-18(26-4)21(28-6)19(11-13)27-5/h2*7-12H,1-6H3/b2*15-9+. The van der Waals surface area contributed by atoms with Crippen LogP contribution in [0.15, 0.2) is 70.2 Å². The summed E-state index contributed by atoms with van der Waals surface area (Å²) < 4.78 is 43.1. The van der Waals surface area contributed by atoms with Crippen molar-refractivity contribution in [1.82, 2.24) is 0 Å². The zero-order valence-electron chi connectivity index (χ0n) is 33.7. The Morgan fingerprint density at radius 1 is 0.500 bits per heavy atom. The van der Waals surface area contributed by atoms with Crippen molar-refractivity contribution in [1.29, 1.82) is 0 Å². The fraction of sp³-hybridized carbons (Fsp3) is 0.286. The average molecular weight is 856 g/mol. The number of rotatable bonds is 16. The first-order chi connectivity index (χ1) is 26.7. The summed E-state index contributed by atoms with van der Waals surface area (Å²) in [4.78, 5) is 29.5. The van der Waals surface area contributed by atoms with Crippen molar-refractivity contribution in [2.75, 3.05) is 94.9 Å². The monoisotopic (exact) mass is 854 g/mol. The van der Waals surface area contributed by atoms with Crippen LogP contribution in [-0.4, -0.2) is 96.6 Å². The number of carbonyl (C=O) groups excluding carboxylic acids is 2. The molecule has 12 nitrogen and oxygen atoms in total. The zero-order valence-corrected chi connectivity index (χ0v) is 36.0. The largest absolute Gasteiger partial charge is 0.495 e. The van der Waals surface area contributed by atoms with Crippen molar-refractivity contribution < 1.29 is 47.5 Å². The van der Waals surface area contributed by atoms with Crippen LogP contribution in [-0.2, 0) is 0 Å². The Bertz CT molecular complexity index is 1880. The number of benzene rings is 4. The number of Topliss-reactive ketones (excluding diaryl/α,β-unsaturated/α-hetero) is 2. The van der Waals surface area contributed by atoms with Gasteiger partial charge in [-0.25, -0.2) is 0 Å². The molecule has 0 bridgehead atoms. The predicted octanol–water partition coefficient (Wildman–Crippen LogP) is 8.66. The molecular formula is C42H48BrClN2O10. The Hall–Kier alpha value is -5.53. The van der Waals surface area contributed by atoms with Gasteiger partial charge in [-0.05, 0) is 99.9 Å². The van der Waals surface area contributed by atoms with E-state index in [0.717, 1.165) is 16.9 Å². The normalized spacial score (nSPS) is 11.0. The third kappa shape index (κ3) is 10.8. The lowest BCUT2D eigenvalue weighted by Crippen LogP contribution is -2.11. The van der Waals surface area contributed by atoms with Crippen LogP contribution in [0.3, 0.4) is 0 Å². The number of ketones is 2. The number of ether oxygens (including phenoxy) is 8. The molecule has 0 unspecified atom stereocenters. The third-order valence-electron chi connectivity index (χ3n) is 8.24. The summed E-state index contributed by atoms with van der Waals surface area (Å²) in [6.45, 7) is 0. The number of nitrogens with zero attached hydrogens (tertiary/aromatic N) is 2. The molecule has 0 amide bonds. The van der Waals surface area contributed by atoms with Crippen LogP contribution in [0.25, 0.3) is 12.2 Å². The minimum Gasteiger partial charge on any atom is -0.495 e. The summed E-state index contributed by atoms with van der Waals surface area (Å²) in [5, 5.41) is 0.0594. The van der Waals surface area contributed by atoms with Gasteiger partial charge in [0.25, 0.3) is 0 Å². The Kier molecular flexibility index (Phi) is 16.8. The average Bonchev–Trinajstić information content (AvgIpc) is 3.21. The van der Waals surface area contributed by atoms with Crippen molar-refractivity contribution in [2.45, 2.75) is 0 Å². The maximum atomic E-state index is 12.9. The van der Waals surface area contributed by atoms with Crippen molar-refractivity contribution in [3.63, 3.8) is 0 Å². The van der Waals surface area contributed by atoms with Crippen LogP contribution in [0.1, 0.15) is 31.8 Å². The predicted molar refractivity (Wildman–Crippen MR) is 226 cm³/mol. The maximum absolute atomic E-state index is 12.9. The van der Waals surface area contributed by atoms with Gasteiger partial charge in [-0.1, -0.05) is 11.6 Å². The van der Waals surface area contributed by atoms with Crippen LogP contribution >= 0.6 is 27.5 Å². The van der Waals surface area contributed by atoms with Crippen LogP contribution in [0.2, 0.25) is 0 Å². The molecule has 0 aromatic heterocycles. The molecule has 0 radical (unpaired) electrons. The van der Waals surface area contributed by atoms with E-state index in [1.54, 1.807) is 108 Å². The van der Waals surface area contributed by atoms with Crippen molar-refractivity contribution in [2.24, 2.45) is 0 Å². The highest BCUT2D eigenvalue weighted by Crippen LogP contribution is 2.40. The molecule has 0 saturated carbocycles. The van der Waals surface area contributed by atoms with Crippen LogP contribution in [0.4, 0.5) is 11.4 Å². The van der Waals surface area contributed by atoms with E-state index in [1.807, 2.05) is 38.0 Å². The number of anilines is 2. The van der Waals surface area contributed by atoms with Gasteiger partial charge >= 0.3 is 0 Å². The molecule has 0 aliphatic rings. The Labute approximate surface area is 342 Å².